The molecule has 0 radical (unpaired) electrons. The molecule has 4 rings (SSSR count). The zero-order valence-electron chi connectivity index (χ0n) is 15.6. The monoisotopic (exact) mass is 381 g/mol. The van der Waals surface area contributed by atoms with Crippen LogP contribution in [-0.2, 0) is 6.54 Å². The van der Waals surface area contributed by atoms with Crippen molar-refractivity contribution in [3.8, 4) is 11.4 Å². The number of nitrogens with one attached hydrogen (secondary N) is 1. The van der Waals surface area contributed by atoms with E-state index in [2.05, 4.69) is 25.3 Å². The first-order chi connectivity index (χ1) is 13.8. The molecule has 0 saturated heterocycles. The molecular weight excluding hydrogens is 358 g/mol. The molecule has 0 atom stereocenters. The van der Waals surface area contributed by atoms with Gasteiger partial charge < -0.3 is 14.3 Å². The van der Waals surface area contributed by atoms with Crippen LogP contribution in [0.4, 0.5) is 0 Å². The van der Waals surface area contributed by atoms with Crippen LogP contribution in [0, 0.1) is 0 Å². The van der Waals surface area contributed by atoms with Gasteiger partial charge in [-0.15, -0.1) is 0 Å². The van der Waals surface area contributed by atoms with Crippen LogP contribution < -0.4 is 5.32 Å². The van der Waals surface area contributed by atoms with Gasteiger partial charge in [0.2, 0.25) is 5.82 Å². The largest absolute Gasteiger partial charge is 0.468 e. The molecule has 8 heteroatoms. The molecule has 1 saturated carbocycles. The maximum absolute atomic E-state index is 12.3. The summed E-state index contributed by atoms with van der Waals surface area (Å²) < 4.78 is 10.6. The average Bonchev–Trinajstić information content (AvgIpc) is 3.50. The summed E-state index contributed by atoms with van der Waals surface area (Å²) in [5.74, 6) is 0.879. The van der Waals surface area contributed by atoms with E-state index in [0.717, 1.165) is 18.8 Å². The van der Waals surface area contributed by atoms with E-state index in [1.165, 1.54) is 25.7 Å². The van der Waals surface area contributed by atoms with Crippen molar-refractivity contribution < 1.29 is 13.7 Å². The van der Waals surface area contributed by atoms with E-state index in [0.29, 0.717) is 24.0 Å². The zero-order chi connectivity index (χ0) is 19.2. The molecule has 3 heterocycles. The fraction of sp³-hybridized carbons (Fsp3) is 0.400. The first-order valence-corrected chi connectivity index (χ1v) is 9.58. The SMILES string of the molecule is O=C(NCCN(Cc1ccco1)C1CCCC1)c1nc(-c2cccnc2)no1. The molecule has 0 aliphatic heterocycles. The first kappa shape index (κ1) is 18.4. The first-order valence-electron chi connectivity index (χ1n) is 9.58. The van der Waals surface area contributed by atoms with Crippen molar-refractivity contribution >= 4 is 5.91 Å². The van der Waals surface area contributed by atoms with E-state index in [9.17, 15) is 4.79 Å². The Morgan fingerprint density at radius 2 is 2.14 bits per heavy atom. The lowest BCUT2D eigenvalue weighted by molar-refractivity contribution is 0.0897. The third-order valence-corrected chi connectivity index (χ3v) is 5.00. The van der Waals surface area contributed by atoms with E-state index in [4.69, 9.17) is 8.94 Å². The van der Waals surface area contributed by atoms with Gasteiger partial charge in [-0.3, -0.25) is 14.7 Å². The normalized spacial score (nSPS) is 14.6. The Morgan fingerprint density at radius 3 is 2.89 bits per heavy atom. The van der Waals surface area contributed by atoms with Crippen molar-refractivity contribution in [2.45, 2.75) is 38.3 Å². The van der Waals surface area contributed by atoms with Crippen LogP contribution in [0.1, 0.15) is 42.1 Å². The molecule has 1 fully saturated rings. The summed E-state index contributed by atoms with van der Waals surface area (Å²) in [6.45, 7) is 1.99. The number of rotatable bonds is 8. The number of aromatic nitrogens is 3. The Bertz CT molecular complexity index is 872. The number of nitrogens with zero attached hydrogens (tertiary/aromatic N) is 4. The van der Waals surface area contributed by atoms with Gasteiger partial charge in [0.15, 0.2) is 0 Å². The predicted octanol–water partition coefficient (Wildman–Crippen LogP) is 2.90. The van der Waals surface area contributed by atoms with Gasteiger partial charge in [-0.2, -0.15) is 4.98 Å². The summed E-state index contributed by atoms with van der Waals surface area (Å²) in [6, 6.07) is 8.01. The lowest BCUT2D eigenvalue weighted by atomic mass is 10.2. The fourth-order valence-electron chi connectivity index (χ4n) is 3.58. The Hall–Kier alpha value is -3.00. The highest BCUT2D eigenvalue weighted by atomic mass is 16.5. The topological polar surface area (TPSA) is 97.3 Å². The summed E-state index contributed by atoms with van der Waals surface area (Å²) >= 11 is 0. The van der Waals surface area contributed by atoms with Gasteiger partial charge in [0.25, 0.3) is 0 Å². The number of furan rings is 1. The molecular formula is C20H23N5O3. The summed E-state index contributed by atoms with van der Waals surface area (Å²) in [4.78, 5) is 22.9. The quantitative estimate of drug-likeness (QED) is 0.641. The molecule has 1 aliphatic carbocycles. The molecule has 0 spiro atoms. The van der Waals surface area contributed by atoms with Gasteiger partial charge in [0, 0.05) is 37.1 Å². The smallest absolute Gasteiger partial charge is 0.316 e. The molecule has 8 nitrogen and oxygen atoms in total. The number of hydrogen-bond donors (Lipinski definition) is 1. The second kappa shape index (κ2) is 8.79. The van der Waals surface area contributed by atoms with Crippen LogP contribution in [0.15, 0.2) is 51.9 Å². The molecule has 1 amide bonds. The Balaban J connectivity index is 1.32. The third kappa shape index (κ3) is 4.45. The van der Waals surface area contributed by atoms with E-state index in [1.54, 1.807) is 24.7 Å². The van der Waals surface area contributed by atoms with Crippen LogP contribution in [0.5, 0.6) is 0 Å². The minimum Gasteiger partial charge on any atom is -0.468 e. The van der Waals surface area contributed by atoms with Crippen molar-refractivity contribution in [2.75, 3.05) is 13.1 Å². The molecule has 0 bridgehead atoms. The van der Waals surface area contributed by atoms with Crippen molar-refractivity contribution in [3.63, 3.8) is 0 Å². The second-order valence-electron chi connectivity index (χ2n) is 6.91. The van der Waals surface area contributed by atoms with Gasteiger partial charge in [-0.05, 0) is 37.1 Å². The Kier molecular flexibility index (Phi) is 5.77. The van der Waals surface area contributed by atoms with Crippen LogP contribution in [0.2, 0.25) is 0 Å². The molecule has 1 N–H and O–H groups in total. The predicted molar refractivity (Wildman–Crippen MR) is 101 cm³/mol. The summed E-state index contributed by atoms with van der Waals surface area (Å²) in [5.41, 5.74) is 0.705. The number of pyridine rings is 1. The maximum atomic E-state index is 12.3. The highest BCUT2D eigenvalue weighted by Gasteiger charge is 2.24. The van der Waals surface area contributed by atoms with Crippen LogP contribution in [0.25, 0.3) is 11.4 Å². The van der Waals surface area contributed by atoms with Crippen molar-refractivity contribution in [1.82, 2.24) is 25.3 Å². The lowest BCUT2D eigenvalue weighted by Crippen LogP contribution is -2.39. The number of hydrogen-bond acceptors (Lipinski definition) is 7. The van der Waals surface area contributed by atoms with E-state index < -0.39 is 0 Å². The minimum atomic E-state index is -0.369. The molecule has 28 heavy (non-hydrogen) atoms. The van der Waals surface area contributed by atoms with Crippen LogP contribution in [0.3, 0.4) is 0 Å². The van der Waals surface area contributed by atoms with Crippen molar-refractivity contribution in [2.24, 2.45) is 0 Å². The summed E-state index contributed by atoms with van der Waals surface area (Å²) in [6.07, 6.45) is 9.87. The number of carbonyl (C=O) groups is 1. The van der Waals surface area contributed by atoms with Gasteiger partial charge in [0.05, 0.1) is 12.8 Å². The van der Waals surface area contributed by atoms with E-state index >= 15 is 0 Å². The molecule has 1 aliphatic rings. The maximum Gasteiger partial charge on any atom is 0.316 e. The van der Waals surface area contributed by atoms with Crippen LogP contribution in [-0.4, -0.2) is 45.1 Å². The highest BCUT2D eigenvalue weighted by Crippen LogP contribution is 2.24. The summed E-state index contributed by atoms with van der Waals surface area (Å²) in [5, 5.41) is 6.73. The van der Waals surface area contributed by atoms with E-state index in [-0.39, 0.29) is 11.8 Å². The van der Waals surface area contributed by atoms with Gasteiger partial charge in [0.1, 0.15) is 5.76 Å². The van der Waals surface area contributed by atoms with Gasteiger partial charge in [-0.25, -0.2) is 0 Å². The minimum absolute atomic E-state index is 0.0442. The summed E-state index contributed by atoms with van der Waals surface area (Å²) in [7, 11) is 0. The Labute approximate surface area is 162 Å². The standard InChI is InChI=1S/C20H23N5O3/c26-19(20-23-18(24-28-20)15-5-3-9-21-13-15)22-10-11-25(16-6-1-2-7-16)14-17-8-4-12-27-17/h3-5,8-9,12-13,16H,1-2,6-7,10-11,14H2,(H,22,26). The molecule has 146 valence electrons. The van der Waals surface area contributed by atoms with Gasteiger partial charge >= 0.3 is 11.8 Å². The average molecular weight is 381 g/mol. The van der Waals surface area contributed by atoms with Gasteiger partial charge in [-0.1, -0.05) is 18.0 Å². The Morgan fingerprint density at radius 1 is 1.25 bits per heavy atom. The fourth-order valence-corrected chi connectivity index (χ4v) is 3.58. The van der Waals surface area contributed by atoms with Crippen molar-refractivity contribution in [1.29, 1.82) is 0 Å². The molecule has 3 aromatic rings. The molecule has 0 aromatic carbocycles. The van der Waals surface area contributed by atoms with Crippen molar-refractivity contribution in [3.05, 3.63) is 54.6 Å². The molecule has 3 aromatic heterocycles. The number of amides is 1. The lowest BCUT2D eigenvalue weighted by Gasteiger charge is -2.27. The molecule has 0 unspecified atom stereocenters. The van der Waals surface area contributed by atoms with Crippen LogP contribution >= 0.6 is 0 Å². The van der Waals surface area contributed by atoms with E-state index in [1.807, 2.05) is 18.2 Å². The zero-order valence-corrected chi connectivity index (χ0v) is 15.6. The third-order valence-electron chi connectivity index (χ3n) is 5.00. The number of carbonyl (C=O) groups excluding carboxylic acids is 1. The second-order valence-corrected chi connectivity index (χ2v) is 6.91. The highest BCUT2D eigenvalue weighted by molar-refractivity contribution is 5.89.